The SMILES string of the molecule is CC1(C)C/C(=N/Nc2c(Cl)cc(Cl)cc2Cl)CC(C)(COC(=O)C(=O)O)N1. The topological polar surface area (TPSA) is 100 Å². The van der Waals surface area contributed by atoms with E-state index in [1.54, 1.807) is 12.1 Å². The summed E-state index contributed by atoms with van der Waals surface area (Å²) in [5.41, 5.74) is 3.07. The average molecular weight is 437 g/mol. The zero-order valence-corrected chi connectivity index (χ0v) is 17.3. The van der Waals surface area contributed by atoms with Crippen molar-refractivity contribution in [3.05, 3.63) is 27.2 Å². The molecule has 2 rings (SSSR count). The molecule has 0 amide bonds. The number of carboxylic acids is 1. The molecular weight excluding hydrogens is 417 g/mol. The van der Waals surface area contributed by atoms with E-state index in [1.807, 2.05) is 20.8 Å². The highest BCUT2D eigenvalue weighted by molar-refractivity contribution is 6.41. The van der Waals surface area contributed by atoms with E-state index in [9.17, 15) is 9.59 Å². The van der Waals surface area contributed by atoms with Crippen molar-refractivity contribution in [2.45, 2.75) is 44.7 Å². The van der Waals surface area contributed by atoms with E-state index in [-0.39, 0.29) is 12.1 Å². The van der Waals surface area contributed by atoms with Crippen LogP contribution in [-0.4, -0.2) is 40.4 Å². The Labute approximate surface area is 172 Å². The first kappa shape index (κ1) is 21.8. The molecule has 0 spiro atoms. The van der Waals surface area contributed by atoms with Gasteiger partial charge in [-0.1, -0.05) is 34.8 Å². The number of carbonyl (C=O) groups excluding carboxylic acids is 1. The van der Waals surface area contributed by atoms with E-state index < -0.39 is 17.5 Å². The quantitative estimate of drug-likeness (QED) is 0.375. The molecular formula is C17H20Cl3N3O4. The smallest absolute Gasteiger partial charge is 0.417 e. The fraction of sp³-hybridized carbons (Fsp3) is 0.471. The number of anilines is 1. The van der Waals surface area contributed by atoms with Gasteiger partial charge in [0.15, 0.2) is 0 Å². The molecule has 1 fully saturated rings. The lowest BCUT2D eigenvalue weighted by atomic mass is 9.81. The Morgan fingerprint density at radius 3 is 2.37 bits per heavy atom. The number of nitrogens with zero attached hydrogens (tertiary/aromatic N) is 1. The summed E-state index contributed by atoms with van der Waals surface area (Å²) in [6.45, 7) is 5.67. The van der Waals surface area contributed by atoms with Crippen LogP contribution in [0.25, 0.3) is 0 Å². The van der Waals surface area contributed by atoms with Gasteiger partial charge in [0.2, 0.25) is 0 Å². The summed E-state index contributed by atoms with van der Waals surface area (Å²) in [6.07, 6.45) is 1.05. The van der Waals surface area contributed by atoms with Crippen LogP contribution < -0.4 is 10.7 Å². The second kappa shape index (κ2) is 8.22. The minimum absolute atomic E-state index is 0.108. The number of hydrogen-bond donors (Lipinski definition) is 3. The summed E-state index contributed by atoms with van der Waals surface area (Å²) < 4.78 is 4.87. The lowest BCUT2D eigenvalue weighted by Gasteiger charge is -2.44. The van der Waals surface area contributed by atoms with E-state index >= 15 is 0 Å². The van der Waals surface area contributed by atoms with Gasteiger partial charge in [-0.05, 0) is 32.9 Å². The molecule has 1 aromatic carbocycles. The van der Waals surface area contributed by atoms with Crippen molar-refractivity contribution in [1.82, 2.24) is 5.32 Å². The first-order valence-electron chi connectivity index (χ1n) is 8.06. The van der Waals surface area contributed by atoms with E-state index in [4.69, 9.17) is 44.6 Å². The van der Waals surface area contributed by atoms with Crippen LogP contribution in [0.2, 0.25) is 15.1 Å². The van der Waals surface area contributed by atoms with Crippen molar-refractivity contribution >= 4 is 58.1 Å². The highest BCUT2D eigenvalue weighted by atomic mass is 35.5. The Bertz CT molecular complexity index is 775. The normalized spacial score (nSPS) is 23.1. The van der Waals surface area contributed by atoms with E-state index in [2.05, 4.69) is 15.8 Å². The molecule has 1 atom stereocenters. The van der Waals surface area contributed by atoms with Gasteiger partial charge in [-0.2, -0.15) is 5.10 Å². The van der Waals surface area contributed by atoms with Gasteiger partial charge in [-0.25, -0.2) is 9.59 Å². The molecule has 0 aliphatic carbocycles. The average Bonchev–Trinajstić information content (AvgIpc) is 2.49. The fourth-order valence-electron chi connectivity index (χ4n) is 3.17. The van der Waals surface area contributed by atoms with Crippen LogP contribution >= 0.6 is 34.8 Å². The van der Waals surface area contributed by atoms with E-state index in [0.29, 0.717) is 33.6 Å². The summed E-state index contributed by atoms with van der Waals surface area (Å²) in [5, 5.41) is 17.5. The number of hydrogen-bond acceptors (Lipinski definition) is 6. The third-order valence-corrected chi connectivity index (χ3v) is 4.72. The molecule has 7 nitrogen and oxygen atoms in total. The molecule has 0 saturated carbocycles. The van der Waals surface area contributed by atoms with E-state index in [0.717, 1.165) is 5.71 Å². The summed E-state index contributed by atoms with van der Waals surface area (Å²) >= 11 is 18.2. The maximum atomic E-state index is 11.3. The fourth-order valence-corrected chi connectivity index (χ4v) is 4.07. The third kappa shape index (κ3) is 5.97. The third-order valence-electron chi connectivity index (χ3n) is 3.91. The monoisotopic (exact) mass is 435 g/mol. The zero-order valence-electron chi connectivity index (χ0n) is 15.0. The number of esters is 1. The molecule has 148 valence electrons. The molecule has 0 radical (unpaired) electrons. The van der Waals surface area contributed by atoms with E-state index in [1.165, 1.54) is 0 Å². The number of carbonyl (C=O) groups is 2. The van der Waals surface area contributed by atoms with Crippen molar-refractivity contribution in [3.8, 4) is 0 Å². The summed E-state index contributed by atoms with van der Waals surface area (Å²) in [7, 11) is 0. The molecule has 1 aromatic rings. The molecule has 1 aliphatic heterocycles. The number of hydrazone groups is 1. The molecule has 0 aromatic heterocycles. The molecule has 10 heteroatoms. The predicted octanol–water partition coefficient (Wildman–Crippen LogP) is 3.96. The van der Waals surface area contributed by atoms with Crippen molar-refractivity contribution in [2.24, 2.45) is 5.10 Å². The molecule has 1 aliphatic rings. The van der Waals surface area contributed by atoms with Gasteiger partial charge >= 0.3 is 11.9 Å². The highest BCUT2D eigenvalue weighted by Crippen LogP contribution is 2.34. The molecule has 1 saturated heterocycles. The maximum absolute atomic E-state index is 11.3. The zero-order chi connectivity index (χ0) is 20.4. The summed E-state index contributed by atoms with van der Waals surface area (Å²) in [4.78, 5) is 21.9. The van der Waals surface area contributed by atoms with Crippen LogP contribution in [0.5, 0.6) is 0 Å². The molecule has 3 N–H and O–H groups in total. The summed E-state index contributed by atoms with van der Waals surface area (Å²) in [5.74, 6) is -2.92. The Balaban J connectivity index is 2.18. The van der Waals surface area contributed by atoms with Crippen LogP contribution in [0.1, 0.15) is 33.6 Å². The van der Waals surface area contributed by atoms with Gasteiger partial charge in [-0.3, -0.25) is 5.43 Å². The number of carboxylic acid groups (broad SMARTS) is 1. The van der Waals surface area contributed by atoms with Crippen molar-refractivity contribution in [3.63, 3.8) is 0 Å². The maximum Gasteiger partial charge on any atom is 0.417 e. The number of aliphatic carboxylic acids is 1. The number of benzene rings is 1. The lowest BCUT2D eigenvalue weighted by molar-refractivity contribution is -0.165. The Hall–Kier alpha value is -1.54. The van der Waals surface area contributed by atoms with Crippen LogP contribution in [0.4, 0.5) is 5.69 Å². The first-order chi connectivity index (χ1) is 12.4. The highest BCUT2D eigenvalue weighted by Gasteiger charge is 2.40. The number of rotatable bonds is 4. The van der Waals surface area contributed by atoms with Gasteiger partial charge in [0.05, 0.1) is 21.3 Å². The molecule has 1 unspecified atom stereocenters. The first-order valence-corrected chi connectivity index (χ1v) is 9.20. The number of ether oxygens (including phenoxy) is 1. The minimum atomic E-state index is -1.63. The van der Waals surface area contributed by atoms with Crippen LogP contribution in [0.15, 0.2) is 17.2 Å². The Kier molecular flexibility index (Phi) is 6.63. The van der Waals surface area contributed by atoms with Gasteiger partial charge < -0.3 is 15.2 Å². The largest absolute Gasteiger partial charge is 0.473 e. The molecule has 0 bridgehead atoms. The van der Waals surface area contributed by atoms with Crippen LogP contribution in [0.3, 0.4) is 0 Å². The number of piperidine rings is 1. The van der Waals surface area contributed by atoms with Gasteiger partial charge in [-0.15, -0.1) is 0 Å². The van der Waals surface area contributed by atoms with Gasteiger partial charge in [0.1, 0.15) is 6.61 Å². The Morgan fingerprint density at radius 2 is 1.81 bits per heavy atom. The van der Waals surface area contributed by atoms with Gasteiger partial charge in [0, 0.05) is 29.1 Å². The van der Waals surface area contributed by atoms with Gasteiger partial charge in [0.25, 0.3) is 0 Å². The second-order valence-corrected chi connectivity index (χ2v) is 8.59. The molecule has 27 heavy (non-hydrogen) atoms. The van der Waals surface area contributed by atoms with Crippen molar-refractivity contribution < 1.29 is 19.4 Å². The number of nitrogens with one attached hydrogen (secondary N) is 2. The number of halogens is 3. The second-order valence-electron chi connectivity index (χ2n) is 7.34. The lowest BCUT2D eigenvalue weighted by Crippen LogP contribution is -2.62. The Morgan fingerprint density at radius 1 is 1.22 bits per heavy atom. The van der Waals surface area contributed by atoms with Crippen molar-refractivity contribution in [1.29, 1.82) is 0 Å². The standard InChI is InChI=1S/C17H20Cl3N3O4/c1-16(2)6-10(7-17(3,23-16)8-27-15(26)14(24)25)21-22-13-11(19)4-9(18)5-12(13)20/h4-5,22-23H,6-8H2,1-3H3,(H,24,25)/b21-10-. The minimum Gasteiger partial charge on any atom is -0.473 e. The molecule has 1 heterocycles. The predicted molar refractivity (Wildman–Crippen MR) is 106 cm³/mol. The van der Waals surface area contributed by atoms with Crippen LogP contribution in [-0.2, 0) is 14.3 Å². The van der Waals surface area contributed by atoms with Crippen LogP contribution in [0, 0.1) is 0 Å². The van der Waals surface area contributed by atoms with Crippen molar-refractivity contribution in [2.75, 3.05) is 12.0 Å². The summed E-state index contributed by atoms with van der Waals surface area (Å²) in [6, 6.07) is 3.11.